The molecular weight excluding hydrogens is 562 g/mol. The number of benzene rings is 4. The van der Waals surface area contributed by atoms with E-state index in [2.05, 4.69) is 137 Å². The third-order valence-electron chi connectivity index (χ3n) is 12.1. The Kier molecular flexibility index (Phi) is 5.34. The summed E-state index contributed by atoms with van der Waals surface area (Å²) in [6, 6.07) is 37.1. The van der Waals surface area contributed by atoms with E-state index in [-0.39, 0.29) is 17.0 Å². The van der Waals surface area contributed by atoms with Crippen molar-refractivity contribution in [2.45, 2.75) is 62.1 Å². The molecule has 0 N–H and O–H groups in total. The summed E-state index contributed by atoms with van der Waals surface area (Å²) < 4.78 is 0. The maximum absolute atomic E-state index is 4.95. The minimum absolute atomic E-state index is 0.0372. The van der Waals surface area contributed by atoms with Gasteiger partial charge in [0.05, 0.1) is 6.20 Å². The highest BCUT2D eigenvalue weighted by atomic mass is 15.5. The summed E-state index contributed by atoms with van der Waals surface area (Å²) in [5.74, 6) is 1.03. The van der Waals surface area contributed by atoms with Crippen molar-refractivity contribution in [3.63, 3.8) is 0 Å². The smallest absolute Gasteiger partial charge is 0.161 e. The fraction of sp³-hybridized carbons (Fsp3) is 0.268. The zero-order chi connectivity index (χ0) is 30.6. The van der Waals surface area contributed by atoms with Gasteiger partial charge in [-0.15, -0.1) is 0 Å². The van der Waals surface area contributed by atoms with Crippen LogP contribution in [-0.4, -0.2) is 29.2 Å². The molecule has 5 aromatic rings. The summed E-state index contributed by atoms with van der Waals surface area (Å²) in [4.78, 5) is 17.3. The molecule has 5 nitrogen and oxygen atoms in total. The fourth-order valence-corrected chi connectivity index (χ4v) is 10.4. The number of para-hydroxylation sites is 2. The van der Waals surface area contributed by atoms with E-state index in [4.69, 9.17) is 4.98 Å². The van der Waals surface area contributed by atoms with Gasteiger partial charge in [-0.25, -0.2) is 9.97 Å². The quantitative estimate of drug-likeness (QED) is 0.203. The normalized spacial score (nSPS) is 26.4. The second-order valence-electron chi connectivity index (χ2n) is 13.9. The molecule has 0 fully saturated rings. The molecule has 4 aromatic carbocycles. The summed E-state index contributed by atoms with van der Waals surface area (Å²) >= 11 is 0. The van der Waals surface area contributed by atoms with Gasteiger partial charge in [0.1, 0.15) is 18.2 Å². The monoisotopic (exact) mass is 599 g/mol. The van der Waals surface area contributed by atoms with Gasteiger partial charge in [-0.3, -0.25) is 0 Å². The zero-order valence-electron chi connectivity index (χ0n) is 26.4. The lowest BCUT2D eigenvalue weighted by molar-refractivity contribution is 0.143. The third-order valence-corrected chi connectivity index (χ3v) is 12.1. The van der Waals surface area contributed by atoms with E-state index in [1.54, 1.807) is 6.33 Å². The molecule has 4 aliphatic heterocycles. The maximum atomic E-state index is 4.95. The molecule has 10 rings (SSSR count). The fourth-order valence-electron chi connectivity index (χ4n) is 10.4. The first kappa shape index (κ1) is 26.3. The van der Waals surface area contributed by atoms with Crippen LogP contribution in [0.15, 0.2) is 110 Å². The lowest BCUT2D eigenvalue weighted by Crippen LogP contribution is -2.67. The largest absolute Gasteiger partial charge is 0.349 e. The van der Waals surface area contributed by atoms with Crippen LogP contribution in [0.5, 0.6) is 0 Å². The van der Waals surface area contributed by atoms with Crippen molar-refractivity contribution in [1.82, 2.24) is 9.97 Å². The first-order valence-corrected chi connectivity index (χ1v) is 16.8. The van der Waals surface area contributed by atoms with Crippen molar-refractivity contribution in [1.29, 1.82) is 0 Å². The Labute approximate surface area is 270 Å². The molecule has 0 saturated carbocycles. The van der Waals surface area contributed by atoms with Crippen LogP contribution in [0.25, 0.3) is 11.6 Å². The Bertz CT molecular complexity index is 2070. The van der Waals surface area contributed by atoms with Crippen LogP contribution < -0.4 is 14.7 Å². The number of hydrogen-bond acceptors (Lipinski definition) is 5. The summed E-state index contributed by atoms with van der Waals surface area (Å²) in [5.41, 5.74) is 13.3. The van der Waals surface area contributed by atoms with E-state index in [1.807, 2.05) is 6.20 Å². The van der Waals surface area contributed by atoms with Gasteiger partial charge in [0.25, 0.3) is 0 Å². The number of hydrogen-bond donors (Lipinski definition) is 0. The third kappa shape index (κ3) is 3.16. The number of nitrogens with zero attached hydrogens (tertiary/aromatic N) is 5. The Balaban J connectivity index is 1.25. The molecule has 2 bridgehead atoms. The number of likely N-dealkylation sites (N-methyl/N-ethyl adjacent to an activating group) is 1. The van der Waals surface area contributed by atoms with E-state index in [9.17, 15) is 0 Å². The molecule has 1 aliphatic carbocycles. The average Bonchev–Trinajstić information content (AvgIpc) is 3.47. The number of aromatic nitrogens is 2. The van der Waals surface area contributed by atoms with E-state index in [0.29, 0.717) is 6.04 Å². The molecular formula is C41H37N5. The summed E-state index contributed by atoms with van der Waals surface area (Å²) in [7, 11) is 2.28. The molecule has 5 heterocycles. The predicted molar refractivity (Wildman–Crippen MR) is 187 cm³/mol. The molecule has 4 atom stereocenters. The first-order valence-electron chi connectivity index (χ1n) is 16.8. The summed E-state index contributed by atoms with van der Waals surface area (Å²) in [6.07, 6.45) is 11.6. The van der Waals surface area contributed by atoms with Gasteiger partial charge < -0.3 is 14.7 Å². The van der Waals surface area contributed by atoms with Gasteiger partial charge in [-0.1, -0.05) is 85.8 Å². The Hall–Kier alpha value is -4.90. The standard InChI is InChI=1S/C41H37N5/c1-3-40-24-27-17-18-36(33(40)21-27)46-38-37(25-42-26-43-38)44(2)39(46)41(40)20-19-31-23-30(28-11-5-4-6-12-28)22-29-13-7-9-15-34(29)45(31)35-16-10-8-14-32(35)41/h4-18,21-22,25-26,31,39H,3,19-20,23-24H2,1-2H3. The minimum Gasteiger partial charge on any atom is -0.349 e. The summed E-state index contributed by atoms with van der Waals surface area (Å²) in [5, 5.41) is 0. The Morgan fingerprint density at radius 1 is 0.804 bits per heavy atom. The van der Waals surface area contributed by atoms with Crippen LogP contribution in [0, 0.1) is 0 Å². The van der Waals surface area contributed by atoms with Crippen molar-refractivity contribution in [3.05, 3.63) is 137 Å². The highest BCUT2D eigenvalue weighted by Gasteiger charge is 2.67. The molecule has 4 unspecified atom stereocenters. The van der Waals surface area contributed by atoms with E-state index < -0.39 is 0 Å². The van der Waals surface area contributed by atoms with Crippen LogP contribution in [0.3, 0.4) is 0 Å². The van der Waals surface area contributed by atoms with Gasteiger partial charge in [0.15, 0.2) is 5.82 Å². The van der Waals surface area contributed by atoms with Gasteiger partial charge in [-0.2, -0.15) is 0 Å². The highest BCUT2D eigenvalue weighted by Crippen LogP contribution is 2.68. The highest BCUT2D eigenvalue weighted by molar-refractivity contribution is 5.91. The van der Waals surface area contributed by atoms with Crippen LogP contribution in [0.4, 0.5) is 28.6 Å². The molecule has 0 radical (unpaired) electrons. The number of fused-ring (bicyclic) bond motifs is 13. The van der Waals surface area contributed by atoms with E-state index >= 15 is 0 Å². The molecule has 1 spiro atoms. The van der Waals surface area contributed by atoms with E-state index in [1.165, 1.54) is 50.5 Å². The van der Waals surface area contributed by atoms with Gasteiger partial charge in [-0.05, 0) is 89.8 Å². The number of rotatable bonds is 2. The van der Waals surface area contributed by atoms with Gasteiger partial charge in [0, 0.05) is 41.0 Å². The molecule has 5 heteroatoms. The first-order chi connectivity index (χ1) is 22.6. The van der Waals surface area contributed by atoms with Crippen LogP contribution >= 0.6 is 0 Å². The zero-order valence-corrected chi connectivity index (χ0v) is 26.4. The lowest BCUT2D eigenvalue weighted by Gasteiger charge is -2.60. The SMILES string of the molecule is CCC12Cc3ccc(c1c3)N1c3ncncc3N(C)C1C21CCC2CC(c3ccccc3)=Cc3ccccc3N2c2ccccc21. The van der Waals surface area contributed by atoms with Gasteiger partial charge in [0.2, 0.25) is 0 Å². The van der Waals surface area contributed by atoms with Crippen molar-refractivity contribution in [3.8, 4) is 0 Å². The predicted octanol–water partition coefficient (Wildman–Crippen LogP) is 8.79. The summed E-state index contributed by atoms with van der Waals surface area (Å²) in [6.45, 7) is 2.44. The molecule has 226 valence electrons. The maximum Gasteiger partial charge on any atom is 0.161 e. The van der Waals surface area contributed by atoms with Crippen molar-refractivity contribution in [2.24, 2.45) is 0 Å². The van der Waals surface area contributed by atoms with Crippen LogP contribution in [-0.2, 0) is 17.3 Å². The number of anilines is 5. The lowest BCUT2D eigenvalue weighted by atomic mass is 9.50. The second-order valence-corrected chi connectivity index (χ2v) is 13.9. The Morgan fingerprint density at radius 2 is 1.59 bits per heavy atom. The van der Waals surface area contributed by atoms with E-state index in [0.717, 1.165) is 43.6 Å². The van der Waals surface area contributed by atoms with Crippen molar-refractivity contribution < 1.29 is 0 Å². The second kappa shape index (κ2) is 9.32. The Morgan fingerprint density at radius 3 is 2.46 bits per heavy atom. The molecule has 5 aliphatic rings. The van der Waals surface area contributed by atoms with Crippen LogP contribution in [0.2, 0.25) is 0 Å². The minimum atomic E-state index is -0.200. The molecule has 1 aromatic heterocycles. The van der Waals surface area contributed by atoms with Crippen LogP contribution in [0.1, 0.15) is 60.4 Å². The topological polar surface area (TPSA) is 35.5 Å². The molecule has 0 amide bonds. The van der Waals surface area contributed by atoms with Gasteiger partial charge >= 0.3 is 0 Å². The van der Waals surface area contributed by atoms with Crippen molar-refractivity contribution in [2.75, 3.05) is 21.7 Å². The van der Waals surface area contributed by atoms with Crippen molar-refractivity contribution >= 4 is 40.2 Å². The molecule has 0 saturated heterocycles. The molecule has 46 heavy (non-hydrogen) atoms. The average molecular weight is 600 g/mol.